The van der Waals surface area contributed by atoms with Crippen molar-refractivity contribution in [2.24, 2.45) is 16.8 Å². The van der Waals surface area contributed by atoms with Gasteiger partial charge in [0.1, 0.15) is 5.82 Å². The summed E-state index contributed by atoms with van der Waals surface area (Å²) < 4.78 is 0. The molecule has 1 aliphatic rings. The van der Waals surface area contributed by atoms with E-state index < -0.39 is 0 Å². The molecule has 1 saturated carbocycles. The van der Waals surface area contributed by atoms with Crippen LogP contribution >= 0.6 is 0 Å². The van der Waals surface area contributed by atoms with E-state index in [4.69, 9.17) is 10.3 Å². The van der Waals surface area contributed by atoms with Crippen LogP contribution < -0.4 is 5.32 Å². The fourth-order valence-corrected chi connectivity index (χ4v) is 4.78. The first-order valence-electron chi connectivity index (χ1n) is 12.9. The zero-order valence-electron chi connectivity index (χ0n) is 21.4. The number of aromatic nitrogens is 2. The molecule has 1 aliphatic carbocycles. The highest BCUT2D eigenvalue weighted by Crippen LogP contribution is 2.39. The molecule has 0 unspecified atom stereocenters. The Labute approximate surface area is 226 Å². The summed E-state index contributed by atoms with van der Waals surface area (Å²) in [4.78, 5) is 26.7. The second kappa shape index (κ2) is 10.3. The molecule has 2 aromatic heterocycles. The minimum Gasteiger partial charge on any atom is -0.310 e. The van der Waals surface area contributed by atoms with E-state index in [1.165, 1.54) is 0 Å². The van der Waals surface area contributed by atoms with Crippen molar-refractivity contribution in [3.05, 3.63) is 120 Å². The SMILES string of the molecule is Cc1ccncc1-c1cc(N=C(c2ccccc2)c2ccccc2)c2cnc(NC(=O)[C@@H]3C[C@H]3C#N)cc2c1. The molecule has 1 fully saturated rings. The third-order valence-electron chi connectivity index (χ3n) is 7.04. The Morgan fingerprint density at radius 3 is 2.33 bits per heavy atom. The van der Waals surface area contributed by atoms with Gasteiger partial charge in [0, 0.05) is 40.7 Å². The first kappa shape index (κ1) is 24.2. The Balaban J connectivity index is 1.52. The highest BCUT2D eigenvalue weighted by atomic mass is 16.2. The number of nitriles is 1. The molecule has 3 aromatic carbocycles. The fraction of sp³-hybridized carbons (Fsp3) is 0.121. The van der Waals surface area contributed by atoms with E-state index in [2.05, 4.69) is 64.7 Å². The summed E-state index contributed by atoms with van der Waals surface area (Å²) in [6, 6.07) is 30.4. The van der Waals surface area contributed by atoms with Crippen molar-refractivity contribution >= 4 is 33.9 Å². The summed E-state index contributed by atoms with van der Waals surface area (Å²) in [5.74, 6) is -0.184. The number of aliphatic imine (C=N–C) groups is 1. The number of rotatable bonds is 6. The number of amides is 1. The molecular weight excluding hydrogens is 482 g/mol. The summed E-state index contributed by atoms with van der Waals surface area (Å²) in [5, 5.41) is 13.8. The highest BCUT2D eigenvalue weighted by Gasteiger charge is 2.43. The van der Waals surface area contributed by atoms with E-state index in [1.807, 2.05) is 54.7 Å². The predicted octanol–water partition coefficient (Wildman–Crippen LogP) is 6.87. The van der Waals surface area contributed by atoms with Gasteiger partial charge in [0.25, 0.3) is 0 Å². The zero-order valence-corrected chi connectivity index (χ0v) is 21.4. The Kier molecular flexibility index (Phi) is 6.40. The van der Waals surface area contributed by atoms with E-state index in [-0.39, 0.29) is 17.7 Å². The van der Waals surface area contributed by atoms with Crippen LogP contribution in [0.5, 0.6) is 0 Å². The maximum absolute atomic E-state index is 12.6. The Bertz CT molecular complexity index is 1720. The molecule has 6 rings (SSSR count). The number of hydrogen-bond donors (Lipinski definition) is 1. The minimum atomic E-state index is -0.267. The standard InChI is InChI=1S/C33H25N5O/c1-21-12-13-35-19-28(21)24-14-25-17-31(38-33(39)27-15-26(27)18-34)36-20-29(25)30(16-24)37-32(22-8-4-2-5-9-22)23-10-6-3-7-11-23/h2-14,16-17,19-20,26-27H,15H2,1H3,(H,36,38,39)/t26-,27+/m0/s1. The first-order chi connectivity index (χ1) is 19.1. The molecule has 0 spiro atoms. The number of pyridine rings is 2. The summed E-state index contributed by atoms with van der Waals surface area (Å²) in [7, 11) is 0. The smallest absolute Gasteiger partial charge is 0.230 e. The van der Waals surface area contributed by atoms with Crippen LogP contribution in [0.4, 0.5) is 11.5 Å². The molecule has 0 saturated heterocycles. The zero-order chi connectivity index (χ0) is 26.8. The molecule has 0 bridgehead atoms. The first-order valence-corrected chi connectivity index (χ1v) is 12.9. The summed E-state index contributed by atoms with van der Waals surface area (Å²) in [6.07, 6.45) is 6.00. The topological polar surface area (TPSA) is 91.0 Å². The normalized spacial score (nSPS) is 15.8. The average Bonchev–Trinajstić information content (AvgIpc) is 3.77. The molecule has 5 aromatic rings. The van der Waals surface area contributed by atoms with Crippen LogP contribution in [0, 0.1) is 30.1 Å². The van der Waals surface area contributed by atoms with Gasteiger partial charge in [0.05, 0.1) is 29.3 Å². The maximum atomic E-state index is 12.6. The number of benzene rings is 3. The molecule has 2 heterocycles. The van der Waals surface area contributed by atoms with Gasteiger partial charge >= 0.3 is 0 Å². The van der Waals surface area contributed by atoms with Crippen molar-refractivity contribution in [1.82, 2.24) is 9.97 Å². The molecule has 0 aliphatic heterocycles. The van der Waals surface area contributed by atoms with Crippen LogP contribution in [0.25, 0.3) is 21.9 Å². The molecule has 39 heavy (non-hydrogen) atoms. The van der Waals surface area contributed by atoms with E-state index in [0.717, 1.165) is 50.0 Å². The summed E-state index contributed by atoms with van der Waals surface area (Å²) in [6.45, 7) is 2.06. The molecule has 0 radical (unpaired) electrons. The molecular formula is C33H25N5O. The van der Waals surface area contributed by atoms with Crippen molar-refractivity contribution in [3.8, 4) is 17.2 Å². The lowest BCUT2D eigenvalue weighted by molar-refractivity contribution is -0.117. The molecule has 1 N–H and O–H groups in total. The molecule has 6 heteroatoms. The fourth-order valence-electron chi connectivity index (χ4n) is 4.78. The largest absolute Gasteiger partial charge is 0.310 e. The number of hydrogen-bond acceptors (Lipinski definition) is 5. The third-order valence-corrected chi connectivity index (χ3v) is 7.04. The van der Waals surface area contributed by atoms with Crippen LogP contribution in [0.15, 0.2) is 109 Å². The van der Waals surface area contributed by atoms with Crippen LogP contribution in [-0.2, 0) is 4.79 Å². The van der Waals surface area contributed by atoms with Crippen molar-refractivity contribution < 1.29 is 4.79 Å². The molecule has 2 atom stereocenters. The van der Waals surface area contributed by atoms with Gasteiger partial charge in [-0.3, -0.25) is 9.78 Å². The van der Waals surface area contributed by atoms with Gasteiger partial charge in [-0.25, -0.2) is 9.98 Å². The van der Waals surface area contributed by atoms with E-state index >= 15 is 0 Å². The highest BCUT2D eigenvalue weighted by molar-refractivity contribution is 6.15. The van der Waals surface area contributed by atoms with Crippen molar-refractivity contribution in [3.63, 3.8) is 0 Å². The predicted molar refractivity (Wildman–Crippen MR) is 154 cm³/mol. The van der Waals surface area contributed by atoms with E-state index in [9.17, 15) is 4.79 Å². The van der Waals surface area contributed by atoms with Crippen LogP contribution in [0.2, 0.25) is 0 Å². The van der Waals surface area contributed by atoms with E-state index in [1.54, 1.807) is 12.4 Å². The quantitative estimate of drug-likeness (QED) is 0.254. The van der Waals surface area contributed by atoms with Crippen LogP contribution in [-0.4, -0.2) is 21.6 Å². The molecule has 1 amide bonds. The Hall–Kier alpha value is -5.15. The maximum Gasteiger partial charge on any atom is 0.230 e. The number of carbonyl (C=O) groups is 1. The lowest BCUT2D eigenvalue weighted by Gasteiger charge is -2.13. The van der Waals surface area contributed by atoms with Gasteiger partial charge in [-0.05, 0) is 54.1 Å². The van der Waals surface area contributed by atoms with Gasteiger partial charge in [0.15, 0.2) is 0 Å². The lowest BCUT2D eigenvalue weighted by Crippen LogP contribution is -2.15. The number of aryl methyl sites for hydroxylation is 1. The number of nitrogens with one attached hydrogen (secondary N) is 1. The second-order valence-corrected chi connectivity index (χ2v) is 9.74. The number of anilines is 1. The van der Waals surface area contributed by atoms with Gasteiger partial charge in [-0.15, -0.1) is 0 Å². The third kappa shape index (κ3) is 5.03. The van der Waals surface area contributed by atoms with Crippen LogP contribution in [0.3, 0.4) is 0 Å². The monoisotopic (exact) mass is 507 g/mol. The van der Waals surface area contributed by atoms with Crippen molar-refractivity contribution in [2.45, 2.75) is 13.3 Å². The summed E-state index contributed by atoms with van der Waals surface area (Å²) >= 11 is 0. The van der Waals surface area contributed by atoms with Gasteiger partial charge < -0.3 is 5.32 Å². The molecule has 188 valence electrons. The van der Waals surface area contributed by atoms with Crippen molar-refractivity contribution in [2.75, 3.05) is 5.32 Å². The number of nitrogens with zero attached hydrogens (tertiary/aromatic N) is 4. The van der Waals surface area contributed by atoms with Gasteiger partial charge in [-0.2, -0.15) is 5.26 Å². The summed E-state index contributed by atoms with van der Waals surface area (Å²) in [5.41, 5.74) is 6.72. The number of fused-ring (bicyclic) bond motifs is 1. The molecule has 6 nitrogen and oxygen atoms in total. The van der Waals surface area contributed by atoms with Crippen molar-refractivity contribution in [1.29, 1.82) is 5.26 Å². The lowest BCUT2D eigenvalue weighted by atomic mass is 9.98. The Morgan fingerprint density at radius 2 is 1.69 bits per heavy atom. The average molecular weight is 508 g/mol. The second-order valence-electron chi connectivity index (χ2n) is 9.74. The Morgan fingerprint density at radius 1 is 0.974 bits per heavy atom. The van der Waals surface area contributed by atoms with E-state index in [0.29, 0.717) is 12.2 Å². The number of carbonyl (C=O) groups excluding carboxylic acids is 1. The van der Waals surface area contributed by atoms with Gasteiger partial charge in [-0.1, -0.05) is 60.7 Å². The van der Waals surface area contributed by atoms with Crippen LogP contribution in [0.1, 0.15) is 23.1 Å². The van der Waals surface area contributed by atoms with Gasteiger partial charge in [0.2, 0.25) is 5.91 Å². The minimum absolute atomic E-state index is 0.165.